The van der Waals surface area contributed by atoms with Crippen molar-refractivity contribution >= 4 is 31.6 Å². The molecule has 16 heavy (non-hydrogen) atoms. The third-order valence-corrected chi connectivity index (χ3v) is 3.44. The maximum Gasteiger partial charge on any atom is 0.240 e. The fourth-order valence-electron chi connectivity index (χ4n) is 0.956. The SMILES string of the molecule is C=C(Br)CNS(=O)(=O)c1ccc(O)c(N)c1. The lowest BCUT2D eigenvalue weighted by Crippen LogP contribution is -2.24. The van der Waals surface area contributed by atoms with Crippen LogP contribution in [0.2, 0.25) is 0 Å². The largest absolute Gasteiger partial charge is 0.506 e. The van der Waals surface area contributed by atoms with Crippen molar-refractivity contribution in [3.8, 4) is 5.75 Å². The first-order valence-electron chi connectivity index (χ1n) is 4.24. The summed E-state index contributed by atoms with van der Waals surface area (Å²) < 4.78 is 26.2. The summed E-state index contributed by atoms with van der Waals surface area (Å²) in [6.45, 7) is 3.59. The van der Waals surface area contributed by atoms with Crippen LogP contribution in [0.5, 0.6) is 5.75 Å². The van der Waals surface area contributed by atoms with Gasteiger partial charge in [0.1, 0.15) is 5.75 Å². The van der Waals surface area contributed by atoms with Crippen LogP contribution in [0.3, 0.4) is 0 Å². The maximum absolute atomic E-state index is 11.7. The molecular weight excluding hydrogens is 296 g/mol. The van der Waals surface area contributed by atoms with Crippen LogP contribution in [-0.4, -0.2) is 20.1 Å². The topological polar surface area (TPSA) is 92.4 Å². The molecule has 1 aromatic carbocycles. The molecule has 0 aliphatic carbocycles. The smallest absolute Gasteiger partial charge is 0.240 e. The summed E-state index contributed by atoms with van der Waals surface area (Å²) in [7, 11) is -3.63. The number of sulfonamides is 1. The van der Waals surface area contributed by atoms with Gasteiger partial charge in [0.25, 0.3) is 0 Å². The molecule has 1 rings (SSSR count). The molecule has 0 atom stereocenters. The molecule has 7 heteroatoms. The number of phenols is 1. The number of hydrogen-bond acceptors (Lipinski definition) is 4. The van der Waals surface area contributed by atoms with Crippen LogP contribution >= 0.6 is 15.9 Å². The molecule has 5 nitrogen and oxygen atoms in total. The van der Waals surface area contributed by atoms with Crippen molar-refractivity contribution in [1.29, 1.82) is 0 Å². The Morgan fingerprint density at radius 1 is 1.56 bits per heavy atom. The molecule has 0 saturated carbocycles. The zero-order valence-electron chi connectivity index (χ0n) is 8.27. The van der Waals surface area contributed by atoms with Crippen LogP contribution in [0.15, 0.2) is 34.2 Å². The van der Waals surface area contributed by atoms with E-state index in [-0.39, 0.29) is 22.9 Å². The van der Waals surface area contributed by atoms with Gasteiger partial charge in [0.2, 0.25) is 10.0 Å². The molecule has 0 unspecified atom stereocenters. The highest BCUT2D eigenvalue weighted by molar-refractivity contribution is 9.11. The molecule has 0 spiro atoms. The minimum absolute atomic E-state index is 0.00319. The number of halogens is 1. The van der Waals surface area contributed by atoms with E-state index < -0.39 is 10.0 Å². The van der Waals surface area contributed by atoms with Gasteiger partial charge in [-0.25, -0.2) is 13.1 Å². The Morgan fingerprint density at radius 2 is 2.19 bits per heavy atom. The minimum atomic E-state index is -3.63. The lowest BCUT2D eigenvalue weighted by atomic mass is 10.3. The van der Waals surface area contributed by atoms with Crippen molar-refractivity contribution in [2.24, 2.45) is 0 Å². The van der Waals surface area contributed by atoms with Crippen molar-refractivity contribution in [1.82, 2.24) is 4.72 Å². The molecule has 0 amide bonds. The Labute approximate surface area is 102 Å². The first-order valence-corrected chi connectivity index (χ1v) is 6.52. The molecule has 1 aromatic rings. The monoisotopic (exact) mass is 306 g/mol. The van der Waals surface area contributed by atoms with Gasteiger partial charge in [0.15, 0.2) is 0 Å². The van der Waals surface area contributed by atoms with Gasteiger partial charge in [0.05, 0.1) is 10.6 Å². The van der Waals surface area contributed by atoms with Gasteiger partial charge in [-0.3, -0.25) is 0 Å². The average molecular weight is 307 g/mol. The van der Waals surface area contributed by atoms with Crippen LogP contribution in [0, 0.1) is 0 Å². The first kappa shape index (κ1) is 13.0. The van der Waals surface area contributed by atoms with Gasteiger partial charge in [-0.15, -0.1) is 0 Å². The summed E-state index contributed by atoms with van der Waals surface area (Å²) in [5.74, 6) is -0.149. The van der Waals surface area contributed by atoms with E-state index in [1.165, 1.54) is 18.2 Å². The number of rotatable bonds is 4. The van der Waals surface area contributed by atoms with Gasteiger partial charge < -0.3 is 10.8 Å². The van der Waals surface area contributed by atoms with Gasteiger partial charge in [-0.1, -0.05) is 22.5 Å². The maximum atomic E-state index is 11.7. The number of anilines is 1. The van der Waals surface area contributed by atoms with Crippen LogP contribution in [0.4, 0.5) is 5.69 Å². The lowest BCUT2D eigenvalue weighted by Gasteiger charge is -2.07. The van der Waals surface area contributed by atoms with E-state index in [1.807, 2.05) is 0 Å². The van der Waals surface area contributed by atoms with E-state index in [4.69, 9.17) is 10.8 Å². The van der Waals surface area contributed by atoms with Crippen molar-refractivity contribution in [2.75, 3.05) is 12.3 Å². The van der Waals surface area contributed by atoms with Crippen LogP contribution in [0.1, 0.15) is 0 Å². The summed E-state index contributed by atoms with van der Waals surface area (Å²) in [6.07, 6.45) is 0. The summed E-state index contributed by atoms with van der Waals surface area (Å²) >= 11 is 3.04. The fourth-order valence-corrected chi connectivity index (χ4v) is 2.34. The van der Waals surface area contributed by atoms with E-state index in [0.29, 0.717) is 4.48 Å². The normalized spacial score (nSPS) is 11.3. The van der Waals surface area contributed by atoms with Crippen LogP contribution in [0.25, 0.3) is 0 Å². The van der Waals surface area contributed by atoms with Crippen molar-refractivity contribution in [3.05, 3.63) is 29.3 Å². The molecule has 0 fully saturated rings. The predicted molar refractivity (Wildman–Crippen MR) is 65.8 cm³/mol. The summed E-state index contributed by atoms with van der Waals surface area (Å²) in [5, 5.41) is 9.17. The summed E-state index contributed by atoms with van der Waals surface area (Å²) in [5.41, 5.74) is 5.42. The highest BCUT2D eigenvalue weighted by Gasteiger charge is 2.14. The quantitative estimate of drug-likeness (QED) is 0.575. The van der Waals surface area contributed by atoms with Crippen LogP contribution in [-0.2, 0) is 10.0 Å². The molecule has 0 aromatic heterocycles. The number of nitrogens with two attached hydrogens (primary N) is 1. The summed E-state index contributed by atoms with van der Waals surface area (Å²) in [6, 6.07) is 3.69. The predicted octanol–water partition coefficient (Wildman–Crippen LogP) is 1.16. The Kier molecular flexibility index (Phi) is 3.95. The van der Waals surface area contributed by atoms with E-state index in [0.717, 1.165) is 0 Å². The van der Waals surface area contributed by atoms with Gasteiger partial charge in [-0.2, -0.15) is 0 Å². The molecule has 0 heterocycles. The Morgan fingerprint density at radius 3 is 2.69 bits per heavy atom. The highest BCUT2D eigenvalue weighted by atomic mass is 79.9. The van der Waals surface area contributed by atoms with Crippen molar-refractivity contribution in [3.63, 3.8) is 0 Å². The molecule has 0 saturated heterocycles. The molecule has 0 bridgehead atoms. The second kappa shape index (κ2) is 4.86. The lowest BCUT2D eigenvalue weighted by molar-refractivity contribution is 0.477. The zero-order chi connectivity index (χ0) is 12.3. The number of nitrogens with one attached hydrogen (secondary N) is 1. The third kappa shape index (κ3) is 3.22. The molecular formula is C9H11BrN2O3S. The second-order valence-electron chi connectivity index (χ2n) is 3.06. The van der Waals surface area contributed by atoms with Crippen molar-refractivity contribution < 1.29 is 13.5 Å². The standard InChI is InChI=1S/C9H11BrN2O3S/c1-6(10)5-12-16(14,15)7-2-3-9(13)8(11)4-7/h2-4,12-13H,1,5,11H2. The first-order chi connectivity index (χ1) is 7.33. The molecule has 0 aliphatic rings. The number of phenolic OH excluding ortho intramolecular Hbond substituents is 1. The summed E-state index contributed by atoms with van der Waals surface area (Å²) in [4.78, 5) is -0.00319. The van der Waals surface area contributed by atoms with Gasteiger partial charge >= 0.3 is 0 Å². The van der Waals surface area contributed by atoms with E-state index >= 15 is 0 Å². The van der Waals surface area contributed by atoms with Gasteiger partial charge in [-0.05, 0) is 18.2 Å². The number of benzene rings is 1. The highest BCUT2D eigenvalue weighted by Crippen LogP contribution is 2.22. The molecule has 88 valence electrons. The number of hydrogen-bond donors (Lipinski definition) is 3. The van der Waals surface area contributed by atoms with E-state index in [9.17, 15) is 8.42 Å². The third-order valence-electron chi connectivity index (χ3n) is 1.76. The Bertz CT molecular complexity index is 513. The average Bonchev–Trinajstić information content (AvgIpc) is 2.19. The zero-order valence-corrected chi connectivity index (χ0v) is 10.7. The van der Waals surface area contributed by atoms with Crippen LogP contribution < -0.4 is 10.5 Å². The van der Waals surface area contributed by atoms with Crippen molar-refractivity contribution in [2.45, 2.75) is 4.90 Å². The Hall–Kier alpha value is -1.05. The number of aromatic hydroxyl groups is 1. The minimum Gasteiger partial charge on any atom is -0.506 e. The van der Waals surface area contributed by atoms with Gasteiger partial charge in [0, 0.05) is 11.0 Å². The molecule has 0 aliphatic heterocycles. The van der Waals surface area contributed by atoms with E-state index in [1.54, 1.807) is 0 Å². The molecule has 4 N–H and O–H groups in total. The van der Waals surface area contributed by atoms with E-state index in [2.05, 4.69) is 27.2 Å². The Balaban J connectivity index is 2.99. The second-order valence-corrected chi connectivity index (χ2v) is 5.95. The number of nitrogen functional groups attached to an aromatic ring is 1. The fraction of sp³-hybridized carbons (Fsp3) is 0.111. The molecule has 0 radical (unpaired) electrons.